The Morgan fingerprint density at radius 2 is 1.90 bits per heavy atom. The number of nitrogens with zero attached hydrogens (tertiary/aromatic N) is 6. The number of benzene rings is 1. The predicted octanol–water partition coefficient (Wildman–Crippen LogP) is 5.78. The first-order valence-electron chi connectivity index (χ1n) is 14.8. The molecule has 42 heavy (non-hydrogen) atoms. The van der Waals surface area contributed by atoms with Gasteiger partial charge in [0.05, 0.1) is 24.4 Å². The molecule has 222 valence electrons. The Labute approximate surface area is 245 Å². The van der Waals surface area contributed by atoms with Crippen LogP contribution < -0.4 is 4.74 Å². The van der Waals surface area contributed by atoms with Crippen molar-refractivity contribution in [3.8, 4) is 17.3 Å². The maximum absolute atomic E-state index is 14.0. The Bertz CT molecular complexity index is 1680. The van der Waals surface area contributed by atoms with Gasteiger partial charge in [0, 0.05) is 48.9 Å². The van der Waals surface area contributed by atoms with Gasteiger partial charge in [0.1, 0.15) is 16.9 Å². The normalized spacial score (nSPS) is 19.4. The number of hydrogen-bond acceptors (Lipinski definition) is 5. The van der Waals surface area contributed by atoms with Crippen molar-refractivity contribution in [2.45, 2.75) is 77.5 Å². The summed E-state index contributed by atoms with van der Waals surface area (Å²) in [6, 6.07) is 9.49. The first-order valence-corrected chi connectivity index (χ1v) is 14.8. The van der Waals surface area contributed by atoms with E-state index < -0.39 is 11.6 Å². The molecule has 1 saturated carbocycles. The second-order valence-corrected chi connectivity index (χ2v) is 12.9. The molecule has 1 saturated heterocycles. The minimum absolute atomic E-state index is 0.0176. The molecule has 10 heteroatoms. The lowest BCUT2D eigenvalue weighted by Crippen LogP contribution is -2.59. The fraction of sp³-hybridized carbons (Fsp3) is 0.500. The summed E-state index contributed by atoms with van der Waals surface area (Å²) in [6.45, 7) is 8.94. The van der Waals surface area contributed by atoms with Gasteiger partial charge in [-0.1, -0.05) is 0 Å². The molecule has 0 bridgehead atoms. The molecule has 2 amide bonds. The lowest BCUT2D eigenvalue weighted by Gasteiger charge is -2.46. The van der Waals surface area contributed by atoms with Crippen molar-refractivity contribution in [1.29, 1.82) is 0 Å². The molecule has 0 spiro atoms. The standard InChI is InChI=1S/C32H40N6O4/c1-19-9-12-23(38(31(40)41)32(2,3)4)18-36(19)30(39)22-14-24-27(26(16-22)42-6)35(5)29(34-24)25-15-21-8-7-13-33-28(21)37(25)17-20-10-11-20/h7-8,13-16,19-20,23H,9-12,17-18H2,1-6H3,(H,40,41)/t19-,23+/m0/s1. The maximum Gasteiger partial charge on any atom is 0.408 e. The van der Waals surface area contributed by atoms with E-state index in [0.717, 1.165) is 41.0 Å². The predicted molar refractivity (Wildman–Crippen MR) is 162 cm³/mol. The molecule has 2 aliphatic rings. The summed E-state index contributed by atoms with van der Waals surface area (Å²) in [5.41, 5.74) is 3.34. The number of aryl methyl sites for hydroxylation is 1. The second-order valence-electron chi connectivity index (χ2n) is 12.9. The summed E-state index contributed by atoms with van der Waals surface area (Å²) < 4.78 is 10.1. The van der Waals surface area contributed by atoms with Gasteiger partial charge in [-0.05, 0) is 89.6 Å². The van der Waals surface area contributed by atoms with Crippen LogP contribution in [0.25, 0.3) is 33.6 Å². The van der Waals surface area contributed by atoms with Crippen molar-refractivity contribution in [3.05, 3.63) is 42.1 Å². The molecule has 3 aromatic heterocycles. The highest BCUT2D eigenvalue weighted by molar-refractivity contribution is 6.00. The topological polar surface area (TPSA) is 106 Å². The number of rotatable bonds is 6. The van der Waals surface area contributed by atoms with Crippen molar-refractivity contribution in [2.75, 3.05) is 13.7 Å². The van der Waals surface area contributed by atoms with Gasteiger partial charge in [-0.3, -0.25) is 9.69 Å². The average Bonchev–Trinajstić information content (AvgIpc) is 3.61. The van der Waals surface area contributed by atoms with E-state index in [1.807, 2.05) is 57.6 Å². The van der Waals surface area contributed by atoms with Crippen LogP contribution in [0.4, 0.5) is 4.79 Å². The zero-order valence-electron chi connectivity index (χ0n) is 25.3. The number of methoxy groups -OCH3 is 1. The highest BCUT2D eigenvalue weighted by Gasteiger charge is 2.39. The molecule has 1 aliphatic heterocycles. The van der Waals surface area contributed by atoms with E-state index in [2.05, 4.69) is 21.7 Å². The van der Waals surface area contributed by atoms with E-state index in [0.29, 0.717) is 35.7 Å². The third kappa shape index (κ3) is 4.86. The van der Waals surface area contributed by atoms with E-state index >= 15 is 0 Å². The Morgan fingerprint density at radius 3 is 2.57 bits per heavy atom. The van der Waals surface area contributed by atoms with Crippen molar-refractivity contribution >= 4 is 34.1 Å². The molecule has 1 N–H and O–H groups in total. The molecule has 0 radical (unpaired) electrons. The number of amides is 2. The van der Waals surface area contributed by atoms with Gasteiger partial charge >= 0.3 is 6.09 Å². The Hall–Kier alpha value is -4.08. The van der Waals surface area contributed by atoms with Crippen LogP contribution in [-0.4, -0.2) is 77.3 Å². The molecule has 1 aromatic carbocycles. The zero-order chi connectivity index (χ0) is 29.9. The van der Waals surface area contributed by atoms with Gasteiger partial charge in [-0.2, -0.15) is 0 Å². The van der Waals surface area contributed by atoms with Crippen LogP contribution in [0.5, 0.6) is 5.75 Å². The van der Waals surface area contributed by atoms with Crippen LogP contribution in [0.2, 0.25) is 0 Å². The first-order chi connectivity index (χ1) is 20.0. The molecule has 4 heterocycles. The lowest BCUT2D eigenvalue weighted by molar-refractivity contribution is 0.0195. The van der Waals surface area contributed by atoms with Gasteiger partial charge < -0.3 is 23.9 Å². The highest BCUT2D eigenvalue weighted by Crippen LogP contribution is 2.38. The molecular weight excluding hydrogens is 532 g/mol. The quantitative estimate of drug-likeness (QED) is 0.314. The molecule has 0 unspecified atom stereocenters. The Morgan fingerprint density at radius 1 is 1.14 bits per heavy atom. The number of hydrogen-bond donors (Lipinski definition) is 1. The van der Waals surface area contributed by atoms with Crippen LogP contribution in [0.3, 0.4) is 0 Å². The lowest BCUT2D eigenvalue weighted by atomic mass is 9.93. The smallest absolute Gasteiger partial charge is 0.408 e. The Balaban J connectivity index is 1.39. The monoisotopic (exact) mass is 572 g/mol. The second kappa shape index (κ2) is 10.3. The summed E-state index contributed by atoms with van der Waals surface area (Å²) in [7, 11) is 3.59. The summed E-state index contributed by atoms with van der Waals surface area (Å²) in [5, 5.41) is 11.1. The molecule has 4 aromatic rings. The van der Waals surface area contributed by atoms with E-state index in [9.17, 15) is 14.7 Å². The SMILES string of the molecule is COc1cc(C(=O)N2C[C@H](N(C(=O)O)C(C)(C)C)CC[C@@H]2C)cc2nc(-c3cc4cccnc4n3CC3CC3)n(C)c12. The number of likely N-dealkylation sites (tertiary alicyclic amines) is 1. The van der Waals surface area contributed by atoms with Crippen LogP contribution in [0.1, 0.15) is 63.7 Å². The minimum Gasteiger partial charge on any atom is -0.494 e. The number of ether oxygens (including phenoxy) is 1. The first kappa shape index (κ1) is 28.1. The number of carboxylic acid groups (broad SMARTS) is 1. The number of imidazole rings is 1. The van der Waals surface area contributed by atoms with Crippen LogP contribution in [-0.2, 0) is 13.6 Å². The van der Waals surface area contributed by atoms with Crippen LogP contribution in [0.15, 0.2) is 36.5 Å². The maximum atomic E-state index is 14.0. The molecule has 2 atom stereocenters. The Kier molecular flexibility index (Phi) is 6.90. The van der Waals surface area contributed by atoms with Crippen molar-refractivity contribution in [2.24, 2.45) is 13.0 Å². The molecule has 6 rings (SSSR count). The summed E-state index contributed by atoms with van der Waals surface area (Å²) in [5.74, 6) is 1.87. The van der Waals surface area contributed by atoms with Gasteiger partial charge in [0.15, 0.2) is 5.82 Å². The van der Waals surface area contributed by atoms with Gasteiger partial charge in [0.25, 0.3) is 5.91 Å². The average molecular weight is 573 g/mol. The number of pyridine rings is 1. The van der Waals surface area contributed by atoms with E-state index in [4.69, 9.17) is 9.72 Å². The number of piperidine rings is 1. The number of aromatic nitrogens is 4. The fourth-order valence-electron chi connectivity index (χ4n) is 6.57. The molecule has 1 aliphatic carbocycles. The number of carbonyl (C=O) groups is 2. The van der Waals surface area contributed by atoms with Gasteiger partial charge in [0.2, 0.25) is 0 Å². The van der Waals surface area contributed by atoms with E-state index in [1.54, 1.807) is 18.1 Å². The van der Waals surface area contributed by atoms with Gasteiger partial charge in [-0.25, -0.2) is 14.8 Å². The molecule has 2 fully saturated rings. The van der Waals surface area contributed by atoms with Gasteiger partial charge in [-0.15, -0.1) is 0 Å². The number of carbonyl (C=O) groups excluding carboxylic acids is 1. The fourth-order valence-corrected chi connectivity index (χ4v) is 6.57. The third-order valence-corrected chi connectivity index (χ3v) is 8.84. The van der Waals surface area contributed by atoms with E-state index in [-0.39, 0.29) is 18.0 Å². The summed E-state index contributed by atoms with van der Waals surface area (Å²) in [6.07, 6.45) is 4.75. The van der Waals surface area contributed by atoms with Crippen molar-refractivity contribution in [3.63, 3.8) is 0 Å². The third-order valence-electron chi connectivity index (χ3n) is 8.84. The van der Waals surface area contributed by atoms with Crippen LogP contribution >= 0.6 is 0 Å². The van der Waals surface area contributed by atoms with Crippen molar-refractivity contribution < 1.29 is 19.4 Å². The summed E-state index contributed by atoms with van der Waals surface area (Å²) in [4.78, 5) is 39.2. The van der Waals surface area contributed by atoms with Crippen molar-refractivity contribution in [1.82, 2.24) is 28.9 Å². The largest absolute Gasteiger partial charge is 0.494 e. The molecular formula is C32H40N6O4. The van der Waals surface area contributed by atoms with Crippen LogP contribution in [0, 0.1) is 5.92 Å². The summed E-state index contributed by atoms with van der Waals surface area (Å²) >= 11 is 0. The highest BCUT2D eigenvalue weighted by atomic mass is 16.5. The number of fused-ring (bicyclic) bond motifs is 2. The van der Waals surface area contributed by atoms with E-state index in [1.165, 1.54) is 17.7 Å². The minimum atomic E-state index is -0.965. The zero-order valence-corrected chi connectivity index (χ0v) is 25.3. The molecule has 10 nitrogen and oxygen atoms in total.